The smallest absolute Gasteiger partial charge is 0.384 e. The molecular formula is C17H13F4N5. The molecular weight excluding hydrogens is 350 g/mol. The van der Waals surface area contributed by atoms with Gasteiger partial charge < -0.3 is 10.3 Å². The Balaban J connectivity index is 2.01. The molecule has 0 radical (unpaired) electrons. The number of rotatable bonds is 3. The maximum absolute atomic E-state index is 14.1. The minimum atomic E-state index is -4.54. The number of aromatic amines is 1. The second-order valence-electron chi connectivity index (χ2n) is 5.73. The summed E-state index contributed by atoms with van der Waals surface area (Å²) in [6, 6.07) is 5.12. The van der Waals surface area contributed by atoms with Gasteiger partial charge in [-0.3, -0.25) is 0 Å². The van der Waals surface area contributed by atoms with Crippen LogP contribution in [-0.4, -0.2) is 26.3 Å². The van der Waals surface area contributed by atoms with E-state index in [0.717, 1.165) is 10.7 Å². The van der Waals surface area contributed by atoms with E-state index in [1.165, 1.54) is 24.5 Å². The fraction of sp³-hybridized carbons (Fsp3) is 0.176. The average molecular weight is 363 g/mol. The molecule has 0 fully saturated rings. The van der Waals surface area contributed by atoms with Crippen molar-refractivity contribution in [3.63, 3.8) is 0 Å². The van der Waals surface area contributed by atoms with Crippen LogP contribution in [0.25, 0.3) is 27.6 Å². The third kappa shape index (κ3) is 2.56. The molecule has 134 valence electrons. The number of hydrogen-bond donors (Lipinski definition) is 2. The van der Waals surface area contributed by atoms with Crippen LogP contribution in [0.1, 0.15) is 12.6 Å². The third-order valence-electron chi connectivity index (χ3n) is 4.04. The van der Waals surface area contributed by atoms with Crippen LogP contribution in [0.5, 0.6) is 0 Å². The van der Waals surface area contributed by atoms with Gasteiger partial charge in [-0.25, -0.2) is 14.1 Å². The lowest BCUT2D eigenvalue weighted by Gasteiger charge is -2.06. The van der Waals surface area contributed by atoms with Gasteiger partial charge in [0.15, 0.2) is 5.69 Å². The Bertz CT molecular complexity index is 1110. The number of halogens is 4. The van der Waals surface area contributed by atoms with E-state index in [4.69, 9.17) is 0 Å². The maximum atomic E-state index is 14.1. The molecule has 3 heterocycles. The summed E-state index contributed by atoms with van der Waals surface area (Å²) < 4.78 is 53.8. The predicted octanol–water partition coefficient (Wildman–Crippen LogP) is 4.49. The Morgan fingerprint density at radius 2 is 2.04 bits per heavy atom. The van der Waals surface area contributed by atoms with Gasteiger partial charge in [-0.1, -0.05) is 0 Å². The first-order valence-electron chi connectivity index (χ1n) is 7.85. The van der Waals surface area contributed by atoms with Crippen LogP contribution in [0.2, 0.25) is 0 Å². The molecule has 0 atom stereocenters. The molecule has 0 unspecified atom stereocenters. The summed E-state index contributed by atoms with van der Waals surface area (Å²) in [7, 11) is 0. The minimum absolute atomic E-state index is 0.379. The first-order valence-corrected chi connectivity index (χ1v) is 7.85. The molecule has 2 N–H and O–H groups in total. The van der Waals surface area contributed by atoms with Gasteiger partial charge in [0, 0.05) is 24.3 Å². The Morgan fingerprint density at radius 3 is 2.73 bits per heavy atom. The van der Waals surface area contributed by atoms with Gasteiger partial charge in [0.2, 0.25) is 0 Å². The molecule has 0 aliphatic heterocycles. The lowest BCUT2D eigenvalue weighted by atomic mass is 10.1. The van der Waals surface area contributed by atoms with E-state index >= 15 is 0 Å². The van der Waals surface area contributed by atoms with E-state index in [2.05, 4.69) is 20.4 Å². The standard InChI is InChI=1S/C17H13F4N5/c1-2-22-11-8-9(18)7-10-14-12(3-5-23-16(14)24-15(10)11)26-6-4-13(25-26)17(19,20)21/h3-8,22H,2H2,1H3,(H,23,24). The molecule has 0 spiro atoms. The van der Waals surface area contributed by atoms with Crippen LogP contribution in [-0.2, 0) is 6.18 Å². The number of hydrogen-bond acceptors (Lipinski definition) is 3. The zero-order chi connectivity index (χ0) is 18.5. The van der Waals surface area contributed by atoms with Crippen molar-refractivity contribution in [1.29, 1.82) is 0 Å². The fourth-order valence-electron chi connectivity index (χ4n) is 3.00. The first kappa shape index (κ1) is 16.4. The van der Waals surface area contributed by atoms with Crippen LogP contribution in [0.3, 0.4) is 0 Å². The summed E-state index contributed by atoms with van der Waals surface area (Å²) in [4.78, 5) is 7.32. The highest BCUT2D eigenvalue weighted by Gasteiger charge is 2.33. The summed E-state index contributed by atoms with van der Waals surface area (Å²) in [5, 5.41) is 7.69. The van der Waals surface area contributed by atoms with E-state index in [1.54, 1.807) is 6.07 Å². The second kappa shape index (κ2) is 5.72. The molecule has 0 bridgehead atoms. The zero-order valence-electron chi connectivity index (χ0n) is 13.5. The minimum Gasteiger partial charge on any atom is -0.384 e. The van der Waals surface area contributed by atoms with Crippen molar-refractivity contribution < 1.29 is 17.6 Å². The number of pyridine rings is 1. The molecule has 0 aliphatic rings. The Labute approximate surface area is 144 Å². The summed E-state index contributed by atoms with van der Waals surface area (Å²) >= 11 is 0. The van der Waals surface area contributed by atoms with Gasteiger partial charge in [-0.2, -0.15) is 18.3 Å². The molecule has 9 heteroatoms. The Hall–Kier alpha value is -3.10. The van der Waals surface area contributed by atoms with Crippen LogP contribution in [0, 0.1) is 5.82 Å². The highest BCUT2D eigenvalue weighted by molar-refractivity contribution is 6.13. The van der Waals surface area contributed by atoms with Gasteiger partial charge >= 0.3 is 6.18 Å². The number of nitrogens with zero attached hydrogens (tertiary/aromatic N) is 3. The molecule has 26 heavy (non-hydrogen) atoms. The van der Waals surface area contributed by atoms with Gasteiger partial charge in [0.25, 0.3) is 0 Å². The van der Waals surface area contributed by atoms with Gasteiger partial charge in [-0.15, -0.1) is 0 Å². The van der Waals surface area contributed by atoms with Gasteiger partial charge in [-0.05, 0) is 31.2 Å². The van der Waals surface area contributed by atoms with Crippen molar-refractivity contribution in [2.45, 2.75) is 13.1 Å². The van der Waals surface area contributed by atoms with Crippen molar-refractivity contribution in [2.24, 2.45) is 0 Å². The number of H-pyrrole nitrogens is 1. The monoisotopic (exact) mass is 363 g/mol. The van der Waals surface area contributed by atoms with Crippen molar-refractivity contribution in [3.05, 3.63) is 48.2 Å². The highest BCUT2D eigenvalue weighted by atomic mass is 19.4. The summed E-state index contributed by atoms with van der Waals surface area (Å²) in [6.07, 6.45) is -1.85. The molecule has 0 amide bonds. The van der Waals surface area contributed by atoms with Crippen LogP contribution in [0.15, 0.2) is 36.7 Å². The summed E-state index contributed by atoms with van der Waals surface area (Å²) in [6.45, 7) is 2.47. The number of aromatic nitrogens is 4. The first-order chi connectivity index (χ1) is 12.4. The fourth-order valence-corrected chi connectivity index (χ4v) is 3.00. The van der Waals surface area contributed by atoms with E-state index in [-0.39, 0.29) is 0 Å². The van der Waals surface area contributed by atoms with Crippen LogP contribution >= 0.6 is 0 Å². The topological polar surface area (TPSA) is 58.5 Å². The third-order valence-corrected chi connectivity index (χ3v) is 4.04. The zero-order valence-corrected chi connectivity index (χ0v) is 13.5. The summed E-state index contributed by atoms with van der Waals surface area (Å²) in [5.74, 6) is -0.458. The van der Waals surface area contributed by atoms with Crippen molar-refractivity contribution in [2.75, 3.05) is 11.9 Å². The predicted molar refractivity (Wildman–Crippen MR) is 89.8 cm³/mol. The summed E-state index contributed by atoms with van der Waals surface area (Å²) in [5.41, 5.74) is 1.01. The van der Waals surface area contributed by atoms with E-state index in [0.29, 0.717) is 39.9 Å². The van der Waals surface area contributed by atoms with Gasteiger partial charge in [0.1, 0.15) is 11.5 Å². The number of anilines is 1. The number of fused-ring (bicyclic) bond motifs is 3. The SMILES string of the molecule is CCNc1cc(F)cc2c1[nH]c1nccc(-n3ccc(C(F)(F)F)n3)c12. The maximum Gasteiger partial charge on any atom is 0.435 e. The van der Waals surface area contributed by atoms with E-state index in [9.17, 15) is 17.6 Å². The second-order valence-corrected chi connectivity index (χ2v) is 5.73. The average Bonchev–Trinajstić information content (AvgIpc) is 3.19. The lowest BCUT2D eigenvalue weighted by molar-refractivity contribution is -0.141. The lowest BCUT2D eigenvalue weighted by Crippen LogP contribution is -2.07. The molecule has 3 aromatic heterocycles. The van der Waals surface area contributed by atoms with Gasteiger partial charge in [0.05, 0.1) is 22.3 Å². The van der Waals surface area contributed by atoms with Crippen LogP contribution in [0.4, 0.5) is 23.2 Å². The number of benzene rings is 1. The normalized spacial score (nSPS) is 12.2. The van der Waals surface area contributed by atoms with E-state index < -0.39 is 17.7 Å². The highest BCUT2D eigenvalue weighted by Crippen LogP contribution is 2.34. The Morgan fingerprint density at radius 1 is 1.23 bits per heavy atom. The quantitative estimate of drug-likeness (QED) is 0.527. The molecule has 0 aliphatic carbocycles. The van der Waals surface area contributed by atoms with E-state index in [1.807, 2.05) is 6.92 Å². The van der Waals surface area contributed by atoms with Crippen molar-refractivity contribution in [1.82, 2.24) is 19.7 Å². The molecule has 5 nitrogen and oxygen atoms in total. The molecule has 0 saturated carbocycles. The van der Waals surface area contributed by atoms with Crippen LogP contribution < -0.4 is 5.32 Å². The van der Waals surface area contributed by atoms with Crippen molar-refractivity contribution in [3.8, 4) is 5.69 Å². The number of alkyl halides is 3. The largest absolute Gasteiger partial charge is 0.435 e. The van der Waals surface area contributed by atoms with Crippen molar-refractivity contribution >= 4 is 27.6 Å². The molecule has 4 rings (SSSR count). The Kier molecular flexibility index (Phi) is 3.60. The number of nitrogens with one attached hydrogen (secondary N) is 2. The molecule has 1 aromatic carbocycles. The molecule has 0 saturated heterocycles. The molecule has 4 aromatic rings.